The quantitative estimate of drug-likeness (QED) is 0.190. The van der Waals surface area contributed by atoms with Gasteiger partial charge in [-0.3, -0.25) is 19.5 Å². The molecular formula is C25H22FN5O4S. The highest BCUT2D eigenvalue weighted by Gasteiger charge is 2.22. The van der Waals surface area contributed by atoms with Crippen LogP contribution in [-0.4, -0.2) is 32.7 Å². The van der Waals surface area contributed by atoms with Crippen molar-refractivity contribution in [1.82, 2.24) is 20.1 Å². The largest absolute Gasteiger partial charge is 0.497 e. The third kappa shape index (κ3) is 5.69. The fraction of sp³-hybridized carbons (Fsp3) is 0.160. The van der Waals surface area contributed by atoms with Crippen molar-refractivity contribution in [2.75, 3.05) is 7.11 Å². The van der Waals surface area contributed by atoms with Crippen molar-refractivity contribution in [3.8, 4) is 11.4 Å². The standard InChI is InChI=1S/C25H22FN5O4S/c1-16(27-24(32)18-4-3-5-22(14-18)35-2)23-28-29-25(36-15-17-6-8-19(26)9-7-17)30(23)20-10-12-21(13-11-20)31(33)34/h3-14,16H,15H2,1-2H3,(H,27,32). The number of hydrogen-bond acceptors (Lipinski definition) is 7. The zero-order valence-corrected chi connectivity index (χ0v) is 20.2. The van der Waals surface area contributed by atoms with Gasteiger partial charge >= 0.3 is 0 Å². The van der Waals surface area contributed by atoms with E-state index in [-0.39, 0.29) is 17.4 Å². The second kappa shape index (κ2) is 11.0. The molecule has 1 heterocycles. The Hall–Kier alpha value is -4.25. The monoisotopic (exact) mass is 507 g/mol. The number of thioether (sulfide) groups is 1. The van der Waals surface area contributed by atoms with Crippen molar-refractivity contribution >= 4 is 23.4 Å². The molecule has 11 heteroatoms. The van der Waals surface area contributed by atoms with Gasteiger partial charge in [0.2, 0.25) is 0 Å². The topological polar surface area (TPSA) is 112 Å². The van der Waals surface area contributed by atoms with E-state index < -0.39 is 11.0 Å². The van der Waals surface area contributed by atoms with Crippen molar-refractivity contribution in [2.45, 2.75) is 23.9 Å². The van der Waals surface area contributed by atoms with E-state index in [2.05, 4.69) is 15.5 Å². The van der Waals surface area contributed by atoms with Crippen molar-refractivity contribution in [3.05, 3.63) is 106 Å². The van der Waals surface area contributed by atoms with Gasteiger partial charge < -0.3 is 10.1 Å². The lowest BCUT2D eigenvalue weighted by Gasteiger charge is -2.16. The number of amides is 1. The lowest BCUT2D eigenvalue weighted by molar-refractivity contribution is -0.384. The van der Waals surface area contributed by atoms with Crippen LogP contribution in [0.3, 0.4) is 0 Å². The second-order valence-electron chi connectivity index (χ2n) is 7.79. The van der Waals surface area contributed by atoms with Crippen LogP contribution in [0.5, 0.6) is 5.75 Å². The van der Waals surface area contributed by atoms with Crippen molar-refractivity contribution in [2.24, 2.45) is 0 Å². The zero-order chi connectivity index (χ0) is 25.7. The van der Waals surface area contributed by atoms with Crippen LogP contribution >= 0.6 is 11.8 Å². The SMILES string of the molecule is COc1cccc(C(=O)NC(C)c2nnc(SCc3ccc(F)cc3)n2-c2ccc([N+](=O)[O-])cc2)c1. The van der Waals surface area contributed by atoms with Gasteiger partial charge in [-0.05, 0) is 55.0 Å². The summed E-state index contributed by atoms with van der Waals surface area (Å²) in [6, 6.07) is 18.4. The van der Waals surface area contributed by atoms with Crippen LogP contribution in [0.15, 0.2) is 78.0 Å². The Morgan fingerprint density at radius 2 is 1.86 bits per heavy atom. The average molecular weight is 508 g/mol. The third-order valence-corrected chi connectivity index (χ3v) is 6.33. The number of nitrogens with one attached hydrogen (secondary N) is 1. The van der Waals surface area contributed by atoms with E-state index in [0.29, 0.717) is 33.7 Å². The molecule has 0 spiro atoms. The Bertz CT molecular complexity index is 1380. The molecule has 0 fully saturated rings. The number of halogens is 1. The Morgan fingerprint density at radius 1 is 1.14 bits per heavy atom. The molecule has 4 aromatic rings. The molecule has 4 rings (SSSR count). The van der Waals surface area contributed by atoms with Crippen LogP contribution in [0, 0.1) is 15.9 Å². The summed E-state index contributed by atoms with van der Waals surface area (Å²) in [5.74, 6) is 0.863. The van der Waals surface area contributed by atoms with Crippen molar-refractivity contribution < 1.29 is 18.8 Å². The first kappa shape index (κ1) is 24.9. The highest BCUT2D eigenvalue weighted by atomic mass is 32.2. The molecule has 0 saturated heterocycles. The molecule has 9 nitrogen and oxygen atoms in total. The second-order valence-corrected chi connectivity index (χ2v) is 8.73. The number of rotatable bonds is 9. The molecule has 1 atom stereocenters. The minimum atomic E-state index is -0.549. The molecule has 0 aliphatic rings. The first-order chi connectivity index (χ1) is 17.4. The van der Waals surface area contributed by atoms with Gasteiger partial charge in [-0.2, -0.15) is 0 Å². The van der Waals surface area contributed by atoms with E-state index in [1.54, 1.807) is 60.0 Å². The summed E-state index contributed by atoms with van der Waals surface area (Å²) in [7, 11) is 1.53. The van der Waals surface area contributed by atoms with Crippen molar-refractivity contribution in [1.29, 1.82) is 0 Å². The number of nitro groups is 1. The maximum atomic E-state index is 13.3. The van der Waals surface area contributed by atoms with Gasteiger partial charge in [-0.25, -0.2) is 4.39 Å². The number of hydrogen-bond donors (Lipinski definition) is 1. The summed E-state index contributed by atoms with van der Waals surface area (Å²) in [6.07, 6.45) is 0. The predicted molar refractivity (Wildman–Crippen MR) is 133 cm³/mol. The average Bonchev–Trinajstić information content (AvgIpc) is 3.32. The van der Waals surface area contributed by atoms with Crippen LogP contribution in [-0.2, 0) is 5.75 Å². The number of ether oxygens (including phenoxy) is 1. The molecule has 36 heavy (non-hydrogen) atoms. The fourth-order valence-corrected chi connectivity index (χ4v) is 4.37. The molecule has 0 bridgehead atoms. The van der Waals surface area contributed by atoms with Crippen LogP contribution in [0.2, 0.25) is 0 Å². The Morgan fingerprint density at radius 3 is 2.53 bits per heavy atom. The van der Waals surface area contributed by atoms with E-state index >= 15 is 0 Å². The van der Waals surface area contributed by atoms with Crippen LogP contribution in [0.4, 0.5) is 10.1 Å². The maximum Gasteiger partial charge on any atom is 0.269 e. The smallest absolute Gasteiger partial charge is 0.269 e. The normalized spacial score (nSPS) is 11.6. The molecule has 3 aromatic carbocycles. The molecule has 1 N–H and O–H groups in total. The van der Waals surface area contributed by atoms with Gasteiger partial charge in [0.1, 0.15) is 11.6 Å². The van der Waals surface area contributed by atoms with Gasteiger partial charge in [-0.1, -0.05) is 30.0 Å². The Balaban J connectivity index is 1.63. The van der Waals surface area contributed by atoms with E-state index in [1.807, 2.05) is 0 Å². The van der Waals surface area contributed by atoms with E-state index in [9.17, 15) is 19.3 Å². The molecule has 184 valence electrons. The molecule has 0 aliphatic carbocycles. The molecule has 0 saturated carbocycles. The number of carbonyl (C=O) groups is 1. The molecule has 1 unspecified atom stereocenters. The van der Waals surface area contributed by atoms with Gasteiger partial charge in [0.25, 0.3) is 11.6 Å². The van der Waals surface area contributed by atoms with Crippen LogP contribution in [0.1, 0.15) is 34.7 Å². The summed E-state index contributed by atoms with van der Waals surface area (Å²) in [4.78, 5) is 23.5. The lowest BCUT2D eigenvalue weighted by atomic mass is 10.2. The van der Waals surface area contributed by atoms with Crippen LogP contribution in [0.25, 0.3) is 5.69 Å². The molecule has 0 aliphatic heterocycles. The number of nitro benzene ring substituents is 1. The summed E-state index contributed by atoms with van der Waals surface area (Å²) in [5.41, 5.74) is 1.87. The number of benzene rings is 3. The van der Waals surface area contributed by atoms with Gasteiger partial charge in [0, 0.05) is 29.1 Å². The van der Waals surface area contributed by atoms with Gasteiger partial charge in [-0.15, -0.1) is 10.2 Å². The van der Waals surface area contributed by atoms with Gasteiger partial charge in [0.15, 0.2) is 11.0 Å². The molecule has 1 amide bonds. The first-order valence-corrected chi connectivity index (χ1v) is 11.9. The Labute approximate surface area is 210 Å². The molecule has 0 radical (unpaired) electrons. The number of aromatic nitrogens is 3. The molecular weight excluding hydrogens is 485 g/mol. The fourth-order valence-electron chi connectivity index (χ4n) is 3.46. The highest BCUT2D eigenvalue weighted by molar-refractivity contribution is 7.98. The number of non-ortho nitro benzene ring substituents is 1. The zero-order valence-electron chi connectivity index (χ0n) is 19.4. The van der Waals surface area contributed by atoms with E-state index in [0.717, 1.165) is 5.56 Å². The van der Waals surface area contributed by atoms with E-state index in [4.69, 9.17) is 4.74 Å². The Kier molecular flexibility index (Phi) is 7.59. The summed E-state index contributed by atoms with van der Waals surface area (Å²) in [6.45, 7) is 1.78. The van der Waals surface area contributed by atoms with Gasteiger partial charge in [0.05, 0.1) is 18.1 Å². The first-order valence-electron chi connectivity index (χ1n) is 10.9. The molecule has 1 aromatic heterocycles. The third-order valence-electron chi connectivity index (χ3n) is 5.33. The maximum absolute atomic E-state index is 13.3. The summed E-state index contributed by atoms with van der Waals surface area (Å²) < 4.78 is 20.2. The van der Waals surface area contributed by atoms with Crippen LogP contribution < -0.4 is 10.1 Å². The van der Waals surface area contributed by atoms with E-state index in [1.165, 1.54) is 43.1 Å². The number of methoxy groups -OCH3 is 1. The number of nitrogens with zero attached hydrogens (tertiary/aromatic N) is 4. The predicted octanol–water partition coefficient (Wildman–Crippen LogP) is 5.11. The summed E-state index contributed by atoms with van der Waals surface area (Å²) >= 11 is 1.37. The lowest BCUT2D eigenvalue weighted by Crippen LogP contribution is -2.28. The highest BCUT2D eigenvalue weighted by Crippen LogP contribution is 2.29. The van der Waals surface area contributed by atoms with Crippen molar-refractivity contribution in [3.63, 3.8) is 0 Å². The summed E-state index contributed by atoms with van der Waals surface area (Å²) in [5, 5.41) is 23.2. The number of carbonyl (C=O) groups excluding carboxylic acids is 1. The minimum absolute atomic E-state index is 0.0479. The minimum Gasteiger partial charge on any atom is -0.497 e.